The van der Waals surface area contributed by atoms with Gasteiger partial charge in [-0.1, -0.05) is 13.8 Å². The van der Waals surface area contributed by atoms with Crippen LogP contribution in [0.2, 0.25) is 0 Å². The van der Waals surface area contributed by atoms with Crippen LogP contribution >= 0.6 is 0 Å². The minimum atomic E-state index is 0.148. The Morgan fingerprint density at radius 1 is 1.13 bits per heavy atom. The molecule has 0 atom stereocenters. The van der Waals surface area contributed by atoms with E-state index >= 15 is 0 Å². The first kappa shape index (κ1) is 11.4. The molecule has 1 saturated carbocycles. The quantitative estimate of drug-likeness (QED) is 0.774. The summed E-state index contributed by atoms with van der Waals surface area (Å²) < 4.78 is 6.18. The standard InChI is InChI=1S/C13H25NO/c1-10(2)11-4-6-12(7-5-11)15-13(3)8-14-9-13/h10-12,14H,4-9H2,1-3H3. The first-order valence-corrected chi connectivity index (χ1v) is 6.48. The largest absolute Gasteiger partial charge is 0.369 e. The van der Waals surface area contributed by atoms with Crippen LogP contribution in [-0.4, -0.2) is 24.8 Å². The fourth-order valence-electron chi connectivity index (χ4n) is 2.84. The van der Waals surface area contributed by atoms with Crippen molar-refractivity contribution >= 4 is 0 Å². The minimum absolute atomic E-state index is 0.148. The SMILES string of the molecule is CC(C)C1CCC(OC2(C)CNC2)CC1. The van der Waals surface area contributed by atoms with Crippen LogP contribution in [0.1, 0.15) is 46.5 Å². The summed E-state index contributed by atoms with van der Waals surface area (Å²) >= 11 is 0. The predicted octanol–water partition coefficient (Wildman–Crippen LogP) is 2.58. The number of hydrogen-bond donors (Lipinski definition) is 1. The van der Waals surface area contributed by atoms with Crippen molar-refractivity contribution in [1.82, 2.24) is 5.32 Å². The summed E-state index contributed by atoms with van der Waals surface area (Å²) in [6.45, 7) is 9.01. The van der Waals surface area contributed by atoms with Crippen LogP contribution in [0.25, 0.3) is 0 Å². The molecule has 0 aromatic heterocycles. The molecule has 2 aliphatic rings. The Labute approximate surface area is 93.8 Å². The lowest BCUT2D eigenvalue weighted by Crippen LogP contribution is -2.60. The van der Waals surface area contributed by atoms with Gasteiger partial charge in [-0.3, -0.25) is 0 Å². The van der Waals surface area contributed by atoms with Crippen LogP contribution in [0.4, 0.5) is 0 Å². The molecule has 0 aromatic carbocycles. The van der Waals surface area contributed by atoms with Gasteiger partial charge >= 0.3 is 0 Å². The van der Waals surface area contributed by atoms with E-state index in [9.17, 15) is 0 Å². The van der Waals surface area contributed by atoms with Crippen molar-refractivity contribution in [1.29, 1.82) is 0 Å². The lowest BCUT2D eigenvalue weighted by molar-refractivity contribution is -0.125. The van der Waals surface area contributed by atoms with Gasteiger partial charge in [0.15, 0.2) is 0 Å². The zero-order valence-electron chi connectivity index (χ0n) is 10.4. The zero-order chi connectivity index (χ0) is 10.9. The van der Waals surface area contributed by atoms with Crippen LogP contribution in [-0.2, 0) is 4.74 Å². The molecule has 0 bridgehead atoms. The van der Waals surface area contributed by atoms with Gasteiger partial charge in [0.05, 0.1) is 11.7 Å². The van der Waals surface area contributed by atoms with Crippen LogP contribution in [0.3, 0.4) is 0 Å². The molecular formula is C13H25NO. The predicted molar refractivity (Wildman–Crippen MR) is 62.9 cm³/mol. The van der Waals surface area contributed by atoms with Crippen molar-refractivity contribution < 1.29 is 4.74 Å². The van der Waals surface area contributed by atoms with Gasteiger partial charge in [-0.2, -0.15) is 0 Å². The number of rotatable bonds is 3. The van der Waals surface area contributed by atoms with Gasteiger partial charge in [0.1, 0.15) is 0 Å². The summed E-state index contributed by atoms with van der Waals surface area (Å²) in [6.07, 6.45) is 5.82. The maximum absolute atomic E-state index is 6.18. The highest BCUT2D eigenvalue weighted by molar-refractivity contribution is 4.91. The smallest absolute Gasteiger partial charge is 0.0905 e. The van der Waals surface area contributed by atoms with Gasteiger partial charge < -0.3 is 10.1 Å². The Hall–Kier alpha value is -0.0800. The molecule has 0 aromatic rings. The van der Waals surface area contributed by atoms with Crippen LogP contribution < -0.4 is 5.32 Å². The molecule has 0 radical (unpaired) electrons. The van der Waals surface area contributed by atoms with Crippen LogP contribution in [0.15, 0.2) is 0 Å². The Bertz CT molecular complexity index is 203. The highest BCUT2D eigenvalue weighted by atomic mass is 16.5. The normalized spacial score (nSPS) is 35.2. The third-order valence-electron chi connectivity index (χ3n) is 4.11. The molecule has 2 heteroatoms. The highest BCUT2D eigenvalue weighted by Crippen LogP contribution is 2.33. The second kappa shape index (κ2) is 4.42. The summed E-state index contributed by atoms with van der Waals surface area (Å²) in [6, 6.07) is 0. The lowest BCUT2D eigenvalue weighted by atomic mass is 9.80. The fraction of sp³-hybridized carbons (Fsp3) is 1.00. The van der Waals surface area contributed by atoms with E-state index in [-0.39, 0.29) is 5.60 Å². The fourth-order valence-corrected chi connectivity index (χ4v) is 2.84. The van der Waals surface area contributed by atoms with Gasteiger partial charge in [0.2, 0.25) is 0 Å². The number of nitrogens with one attached hydrogen (secondary N) is 1. The first-order chi connectivity index (χ1) is 7.09. The molecule has 2 fully saturated rings. The molecule has 1 heterocycles. The number of hydrogen-bond acceptors (Lipinski definition) is 2. The van der Waals surface area contributed by atoms with E-state index in [1.807, 2.05) is 0 Å². The molecule has 2 rings (SSSR count). The second-order valence-corrected chi connectivity index (χ2v) is 5.95. The average Bonchev–Trinajstić information content (AvgIpc) is 2.16. The maximum atomic E-state index is 6.18. The summed E-state index contributed by atoms with van der Waals surface area (Å²) in [4.78, 5) is 0. The summed E-state index contributed by atoms with van der Waals surface area (Å²) in [5.41, 5.74) is 0.148. The Balaban J connectivity index is 1.73. The van der Waals surface area contributed by atoms with Crippen molar-refractivity contribution in [2.75, 3.05) is 13.1 Å². The molecule has 0 unspecified atom stereocenters. The van der Waals surface area contributed by atoms with E-state index in [1.165, 1.54) is 25.7 Å². The molecule has 0 amide bonds. The minimum Gasteiger partial charge on any atom is -0.369 e. The third kappa shape index (κ3) is 2.73. The molecule has 2 nitrogen and oxygen atoms in total. The van der Waals surface area contributed by atoms with E-state index in [4.69, 9.17) is 4.74 Å². The Kier molecular flexibility index (Phi) is 3.36. The summed E-state index contributed by atoms with van der Waals surface area (Å²) in [5, 5.41) is 3.29. The molecule has 88 valence electrons. The van der Waals surface area contributed by atoms with Crippen molar-refractivity contribution in [3.05, 3.63) is 0 Å². The van der Waals surface area contributed by atoms with Gasteiger partial charge in [-0.25, -0.2) is 0 Å². The Morgan fingerprint density at radius 3 is 2.13 bits per heavy atom. The van der Waals surface area contributed by atoms with E-state index in [1.54, 1.807) is 0 Å². The van der Waals surface area contributed by atoms with Gasteiger partial charge in [0.25, 0.3) is 0 Å². The van der Waals surface area contributed by atoms with E-state index in [2.05, 4.69) is 26.1 Å². The molecule has 15 heavy (non-hydrogen) atoms. The van der Waals surface area contributed by atoms with E-state index < -0.39 is 0 Å². The molecular weight excluding hydrogens is 186 g/mol. The highest BCUT2D eigenvalue weighted by Gasteiger charge is 2.36. The zero-order valence-corrected chi connectivity index (χ0v) is 10.4. The summed E-state index contributed by atoms with van der Waals surface area (Å²) in [7, 11) is 0. The second-order valence-electron chi connectivity index (χ2n) is 5.95. The average molecular weight is 211 g/mol. The number of ether oxygens (including phenoxy) is 1. The van der Waals surface area contributed by atoms with Gasteiger partial charge in [-0.15, -0.1) is 0 Å². The lowest BCUT2D eigenvalue weighted by Gasteiger charge is -2.43. The molecule has 1 saturated heterocycles. The van der Waals surface area contributed by atoms with E-state index in [0.29, 0.717) is 6.10 Å². The Morgan fingerprint density at radius 2 is 1.73 bits per heavy atom. The van der Waals surface area contributed by atoms with Gasteiger partial charge in [-0.05, 0) is 44.4 Å². The maximum Gasteiger partial charge on any atom is 0.0905 e. The van der Waals surface area contributed by atoms with Crippen LogP contribution in [0, 0.1) is 11.8 Å². The molecule has 1 aliphatic carbocycles. The van der Waals surface area contributed by atoms with Crippen LogP contribution in [0.5, 0.6) is 0 Å². The third-order valence-corrected chi connectivity index (χ3v) is 4.11. The van der Waals surface area contributed by atoms with Crippen molar-refractivity contribution in [3.8, 4) is 0 Å². The summed E-state index contributed by atoms with van der Waals surface area (Å²) in [5.74, 6) is 1.80. The molecule has 1 N–H and O–H groups in total. The van der Waals surface area contributed by atoms with Crippen molar-refractivity contribution in [2.45, 2.75) is 58.2 Å². The molecule has 1 aliphatic heterocycles. The topological polar surface area (TPSA) is 21.3 Å². The van der Waals surface area contributed by atoms with Crippen molar-refractivity contribution in [2.24, 2.45) is 11.8 Å². The van der Waals surface area contributed by atoms with Crippen molar-refractivity contribution in [3.63, 3.8) is 0 Å². The van der Waals surface area contributed by atoms with Gasteiger partial charge in [0, 0.05) is 13.1 Å². The monoisotopic (exact) mass is 211 g/mol. The first-order valence-electron chi connectivity index (χ1n) is 6.48. The molecule has 0 spiro atoms. The van der Waals surface area contributed by atoms with E-state index in [0.717, 1.165) is 24.9 Å².